The van der Waals surface area contributed by atoms with Crippen molar-refractivity contribution in [1.82, 2.24) is 14.6 Å². The average molecular weight is 288 g/mol. The van der Waals surface area contributed by atoms with E-state index in [9.17, 15) is 9.59 Å². The summed E-state index contributed by atoms with van der Waals surface area (Å²) in [7, 11) is 0. The van der Waals surface area contributed by atoms with Gasteiger partial charge in [0, 0.05) is 12.4 Å². The summed E-state index contributed by atoms with van der Waals surface area (Å²) in [6, 6.07) is 1.55. The molecule has 0 aliphatic carbocycles. The highest BCUT2D eigenvalue weighted by atomic mass is 32.1. The number of carboxylic acid groups (broad SMARTS) is 1. The zero-order valence-corrected chi connectivity index (χ0v) is 10.8. The monoisotopic (exact) mass is 288 g/mol. The molecule has 0 radical (unpaired) electrons. The molecule has 100 valence electrons. The first kappa shape index (κ1) is 12.3. The van der Waals surface area contributed by atoms with E-state index < -0.39 is 11.9 Å². The van der Waals surface area contributed by atoms with Gasteiger partial charge >= 0.3 is 5.97 Å². The van der Waals surface area contributed by atoms with Crippen molar-refractivity contribution in [2.75, 3.05) is 5.32 Å². The predicted molar refractivity (Wildman–Crippen MR) is 72.2 cm³/mol. The molecular formula is C12H8N4O3S. The smallest absolute Gasteiger partial charge is 0.348 e. The summed E-state index contributed by atoms with van der Waals surface area (Å²) in [5.74, 6) is -1.49. The topological polar surface area (TPSA) is 96.6 Å². The molecule has 1 amide bonds. The summed E-state index contributed by atoms with van der Waals surface area (Å²) < 4.78 is 1.52. The Morgan fingerprint density at radius 3 is 3.00 bits per heavy atom. The largest absolute Gasteiger partial charge is 0.477 e. The maximum atomic E-state index is 12.2. The third-order valence-corrected chi connectivity index (χ3v) is 3.58. The highest BCUT2D eigenvalue weighted by Gasteiger charge is 2.17. The molecule has 2 N–H and O–H groups in total. The Hall–Kier alpha value is -2.74. The molecule has 7 nitrogen and oxygen atoms in total. The van der Waals surface area contributed by atoms with Crippen LogP contribution in [0.1, 0.15) is 20.0 Å². The number of thiophene rings is 1. The zero-order chi connectivity index (χ0) is 14.1. The minimum Gasteiger partial charge on any atom is -0.477 e. The fourth-order valence-corrected chi connectivity index (χ4v) is 2.46. The molecule has 8 heteroatoms. The standard InChI is InChI=1S/C12H8N4O3S/c17-11(15-8-1-4-20-10(8)12(18)19)7-5-14-16-3-2-13-6-9(7)16/h1-6H,(H,15,17)(H,18,19). The number of carbonyl (C=O) groups excluding carboxylic acids is 1. The molecule has 3 rings (SSSR count). The van der Waals surface area contributed by atoms with Gasteiger partial charge in [-0.05, 0) is 11.4 Å². The number of fused-ring (bicyclic) bond motifs is 1. The van der Waals surface area contributed by atoms with Gasteiger partial charge in [0.05, 0.1) is 29.2 Å². The Balaban J connectivity index is 1.93. The van der Waals surface area contributed by atoms with Crippen molar-refractivity contribution in [2.45, 2.75) is 0 Å². The first-order valence-corrected chi connectivity index (χ1v) is 6.44. The van der Waals surface area contributed by atoms with Crippen LogP contribution < -0.4 is 5.32 Å². The van der Waals surface area contributed by atoms with E-state index in [1.165, 1.54) is 16.9 Å². The van der Waals surface area contributed by atoms with Gasteiger partial charge in [-0.1, -0.05) is 0 Å². The summed E-state index contributed by atoms with van der Waals surface area (Å²) in [5, 5.41) is 17.2. The lowest BCUT2D eigenvalue weighted by Crippen LogP contribution is -2.13. The lowest BCUT2D eigenvalue weighted by molar-refractivity contribution is 0.0703. The van der Waals surface area contributed by atoms with E-state index in [0.717, 1.165) is 11.3 Å². The number of anilines is 1. The Morgan fingerprint density at radius 2 is 2.20 bits per heavy atom. The molecule has 20 heavy (non-hydrogen) atoms. The lowest BCUT2D eigenvalue weighted by atomic mass is 10.2. The maximum absolute atomic E-state index is 12.2. The van der Waals surface area contributed by atoms with Crippen molar-refractivity contribution < 1.29 is 14.7 Å². The van der Waals surface area contributed by atoms with Crippen LogP contribution in [-0.4, -0.2) is 31.6 Å². The second-order valence-corrected chi connectivity index (χ2v) is 4.80. The van der Waals surface area contributed by atoms with Gasteiger partial charge in [-0.2, -0.15) is 5.10 Å². The van der Waals surface area contributed by atoms with Crippen molar-refractivity contribution in [2.24, 2.45) is 0 Å². The van der Waals surface area contributed by atoms with E-state index in [4.69, 9.17) is 5.11 Å². The first-order chi connectivity index (χ1) is 9.66. The van der Waals surface area contributed by atoms with E-state index >= 15 is 0 Å². The van der Waals surface area contributed by atoms with Crippen LogP contribution in [0.15, 0.2) is 36.2 Å². The molecular weight excluding hydrogens is 280 g/mol. The van der Waals surface area contributed by atoms with Crippen molar-refractivity contribution in [3.8, 4) is 0 Å². The van der Waals surface area contributed by atoms with E-state index in [-0.39, 0.29) is 10.6 Å². The molecule has 3 aromatic heterocycles. The molecule has 0 aromatic carbocycles. The molecule has 0 saturated carbocycles. The van der Waals surface area contributed by atoms with Crippen LogP contribution in [-0.2, 0) is 0 Å². The molecule has 0 fully saturated rings. The highest BCUT2D eigenvalue weighted by Crippen LogP contribution is 2.23. The summed E-state index contributed by atoms with van der Waals surface area (Å²) in [5.41, 5.74) is 1.16. The van der Waals surface area contributed by atoms with E-state index in [1.54, 1.807) is 23.8 Å². The molecule has 0 saturated heterocycles. The fourth-order valence-electron chi connectivity index (χ4n) is 1.77. The van der Waals surface area contributed by atoms with Crippen molar-refractivity contribution in [1.29, 1.82) is 0 Å². The number of amides is 1. The maximum Gasteiger partial charge on any atom is 0.348 e. The highest BCUT2D eigenvalue weighted by molar-refractivity contribution is 7.12. The molecule has 0 atom stereocenters. The minimum atomic E-state index is -1.07. The molecule has 0 spiro atoms. The summed E-state index contributed by atoms with van der Waals surface area (Å²) in [6.07, 6.45) is 6.12. The van der Waals surface area contributed by atoms with Crippen LogP contribution in [0.3, 0.4) is 0 Å². The predicted octanol–water partition coefficient (Wildman–Crippen LogP) is 1.74. The van der Waals surface area contributed by atoms with Gasteiger partial charge < -0.3 is 10.4 Å². The zero-order valence-electron chi connectivity index (χ0n) is 9.98. The molecule has 0 unspecified atom stereocenters. The van der Waals surface area contributed by atoms with Crippen molar-refractivity contribution in [3.05, 3.63) is 46.7 Å². The SMILES string of the molecule is O=C(O)c1sccc1NC(=O)c1cnn2ccncc12. The van der Waals surface area contributed by atoms with Crippen LogP contribution in [0, 0.1) is 0 Å². The van der Waals surface area contributed by atoms with Gasteiger partial charge in [-0.3, -0.25) is 9.78 Å². The van der Waals surface area contributed by atoms with E-state index in [2.05, 4.69) is 15.4 Å². The summed E-state index contributed by atoms with van der Waals surface area (Å²) >= 11 is 1.05. The Kier molecular flexibility index (Phi) is 2.92. The number of nitrogens with one attached hydrogen (secondary N) is 1. The average Bonchev–Trinajstić information content (AvgIpc) is 3.04. The third-order valence-electron chi connectivity index (χ3n) is 2.68. The van der Waals surface area contributed by atoms with Crippen molar-refractivity contribution in [3.63, 3.8) is 0 Å². The third kappa shape index (κ3) is 2.01. The second kappa shape index (κ2) is 4.74. The normalized spacial score (nSPS) is 10.6. The number of carboxylic acids is 1. The number of hydrogen-bond acceptors (Lipinski definition) is 5. The van der Waals surface area contributed by atoms with E-state index in [1.807, 2.05) is 0 Å². The molecule has 0 aliphatic heterocycles. The van der Waals surface area contributed by atoms with Crippen LogP contribution in [0.2, 0.25) is 0 Å². The number of aromatic nitrogens is 3. The van der Waals surface area contributed by atoms with Crippen LogP contribution >= 0.6 is 11.3 Å². The van der Waals surface area contributed by atoms with Gasteiger partial charge in [0.25, 0.3) is 5.91 Å². The number of carbonyl (C=O) groups is 2. The second-order valence-electron chi connectivity index (χ2n) is 3.89. The van der Waals surface area contributed by atoms with Gasteiger partial charge in [-0.15, -0.1) is 11.3 Å². The summed E-state index contributed by atoms with van der Waals surface area (Å²) in [6.45, 7) is 0. The molecule has 0 aliphatic rings. The number of hydrogen-bond donors (Lipinski definition) is 2. The summed E-state index contributed by atoms with van der Waals surface area (Å²) in [4.78, 5) is 27.2. The van der Waals surface area contributed by atoms with Gasteiger partial charge in [0.2, 0.25) is 0 Å². The van der Waals surface area contributed by atoms with Gasteiger partial charge in [-0.25, -0.2) is 9.31 Å². The minimum absolute atomic E-state index is 0.0907. The number of rotatable bonds is 3. The van der Waals surface area contributed by atoms with Gasteiger partial charge in [0.15, 0.2) is 0 Å². The van der Waals surface area contributed by atoms with Gasteiger partial charge in [0.1, 0.15) is 4.88 Å². The van der Waals surface area contributed by atoms with E-state index in [0.29, 0.717) is 11.1 Å². The Morgan fingerprint density at radius 1 is 1.35 bits per heavy atom. The molecule has 3 aromatic rings. The molecule has 3 heterocycles. The lowest BCUT2D eigenvalue weighted by Gasteiger charge is -2.03. The van der Waals surface area contributed by atoms with Crippen LogP contribution in [0.4, 0.5) is 5.69 Å². The van der Waals surface area contributed by atoms with Crippen LogP contribution in [0.5, 0.6) is 0 Å². The quantitative estimate of drug-likeness (QED) is 0.765. The number of nitrogens with zero attached hydrogens (tertiary/aromatic N) is 3. The Labute approximate surface area is 116 Å². The first-order valence-electron chi connectivity index (χ1n) is 5.56. The van der Waals surface area contributed by atoms with Crippen molar-refractivity contribution >= 4 is 34.4 Å². The Bertz CT molecular complexity index is 808. The van der Waals surface area contributed by atoms with Crippen LogP contribution in [0.25, 0.3) is 5.52 Å². The number of aromatic carboxylic acids is 1. The molecule has 0 bridgehead atoms. The fraction of sp³-hybridized carbons (Fsp3) is 0.